The van der Waals surface area contributed by atoms with Crippen molar-refractivity contribution >= 4 is 23.4 Å². The van der Waals surface area contributed by atoms with Gasteiger partial charge in [0.1, 0.15) is 5.82 Å². The van der Waals surface area contributed by atoms with E-state index in [4.69, 9.17) is 4.98 Å². The molecular weight excluding hydrogens is 232 g/mol. The summed E-state index contributed by atoms with van der Waals surface area (Å²) in [6, 6.07) is 8.87. The third-order valence-corrected chi connectivity index (χ3v) is 2.78. The van der Waals surface area contributed by atoms with Gasteiger partial charge in [0.05, 0.1) is 11.0 Å². The first-order valence-electron chi connectivity index (χ1n) is 6.05. The fourth-order valence-corrected chi connectivity index (χ4v) is 2.18. The molecule has 0 unspecified atom stereocenters. The van der Waals surface area contributed by atoms with Gasteiger partial charge in [-0.05, 0) is 31.9 Å². The molecule has 2 nitrogen and oxygen atoms in total. The largest absolute Gasteiger partial charge is 0.325 e. The van der Waals surface area contributed by atoms with Gasteiger partial charge in [0.2, 0.25) is 0 Å². The quantitative estimate of drug-likeness (QED) is 0.799. The van der Waals surface area contributed by atoms with Crippen LogP contribution in [0, 0.1) is 5.92 Å². The highest BCUT2D eigenvalue weighted by molar-refractivity contribution is 5.85. The molecule has 94 valence electrons. The molecule has 0 atom stereocenters. The molecule has 2 rings (SSSR count). The maximum absolute atomic E-state index is 4.74. The lowest BCUT2D eigenvalue weighted by Gasteiger charge is -2.14. The van der Waals surface area contributed by atoms with Crippen molar-refractivity contribution in [3.8, 4) is 0 Å². The predicted octanol–water partition coefficient (Wildman–Crippen LogP) is 4.24. The van der Waals surface area contributed by atoms with Gasteiger partial charge in [-0.2, -0.15) is 0 Å². The van der Waals surface area contributed by atoms with Gasteiger partial charge in [-0.15, -0.1) is 12.4 Å². The lowest BCUT2D eigenvalue weighted by molar-refractivity contribution is 0.540. The Morgan fingerprint density at radius 1 is 1.12 bits per heavy atom. The maximum Gasteiger partial charge on any atom is 0.110 e. The Bertz CT molecular complexity index is 486. The molecule has 0 aliphatic rings. The summed E-state index contributed by atoms with van der Waals surface area (Å²) in [5.41, 5.74) is 2.38. The Morgan fingerprint density at radius 3 is 2.35 bits per heavy atom. The van der Waals surface area contributed by atoms with Crippen LogP contribution in [-0.4, -0.2) is 9.55 Å². The van der Waals surface area contributed by atoms with E-state index >= 15 is 0 Å². The first-order valence-corrected chi connectivity index (χ1v) is 6.05. The Hall–Kier alpha value is -1.02. The smallest absolute Gasteiger partial charge is 0.110 e. The van der Waals surface area contributed by atoms with Gasteiger partial charge in [0.15, 0.2) is 0 Å². The maximum atomic E-state index is 4.74. The highest BCUT2D eigenvalue weighted by Gasteiger charge is 2.13. The molecule has 0 bridgehead atoms. The van der Waals surface area contributed by atoms with Gasteiger partial charge >= 0.3 is 0 Å². The molecular formula is C14H21ClN2. The van der Waals surface area contributed by atoms with Crippen molar-refractivity contribution in [2.75, 3.05) is 0 Å². The average molecular weight is 253 g/mol. The van der Waals surface area contributed by atoms with Crippen molar-refractivity contribution < 1.29 is 0 Å². The SMILES string of the molecule is CC(C)Cc1nc2ccccc2n1C(C)C.Cl. The highest BCUT2D eigenvalue weighted by atomic mass is 35.5. The molecule has 0 spiro atoms. The number of nitrogens with zero attached hydrogens (tertiary/aromatic N) is 2. The zero-order valence-electron chi connectivity index (χ0n) is 11.0. The molecule has 0 aliphatic heterocycles. The summed E-state index contributed by atoms with van der Waals surface area (Å²) >= 11 is 0. The number of aromatic nitrogens is 2. The van der Waals surface area contributed by atoms with E-state index in [0.29, 0.717) is 12.0 Å². The lowest BCUT2D eigenvalue weighted by atomic mass is 10.1. The number of rotatable bonds is 3. The molecule has 1 aromatic carbocycles. The molecule has 17 heavy (non-hydrogen) atoms. The molecule has 0 saturated carbocycles. The van der Waals surface area contributed by atoms with Crippen LogP contribution in [0.3, 0.4) is 0 Å². The highest BCUT2D eigenvalue weighted by Crippen LogP contribution is 2.22. The summed E-state index contributed by atoms with van der Waals surface area (Å²) in [5, 5.41) is 0. The van der Waals surface area contributed by atoms with Gasteiger partial charge < -0.3 is 4.57 Å². The van der Waals surface area contributed by atoms with Gasteiger partial charge in [-0.1, -0.05) is 26.0 Å². The van der Waals surface area contributed by atoms with Crippen molar-refractivity contribution in [3.63, 3.8) is 0 Å². The van der Waals surface area contributed by atoms with Crippen LogP contribution in [-0.2, 0) is 6.42 Å². The Morgan fingerprint density at radius 2 is 1.76 bits per heavy atom. The summed E-state index contributed by atoms with van der Waals surface area (Å²) in [4.78, 5) is 4.74. The fraction of sp³-hybridized carbons (Fsp3) is 0.500. The zero-order chi connectivity index (χ0) is 11.7. The summed E-state index contributed by atoms with van der Waals surface area (Å²) in [6.07, 6.45) is 1.05. The van der Waals surface area contributed by atoms with Crippen molar-refractivity contribution in [2.24, 2.45) is 5.92 Å². The van der Waals surface area contributed by atoms with E-state index in [9.17, 15) is 0 Å². The van der Waals surface area contributed by atoms with Gasteiger partial charge in [-0.3, -0.25) is 0 Å². The van der Waals surface area contributed by atoms with Crippen LogP contribution in [0.5, 0.6) is 0 Å². The van der Waals surface area contributed by atoms with E-state index in [-0.39, 0.29) is 12.4 Å². The molecule has 0 fully saturated rings. The molecule has 1 aromatic heterocycles. The van der Waals surface area contributed by atoms with E-state index in [1.54, 1.807) is 0 Å². The van der Waals surface area contributed by atoms with E-state index < -0.39 is 0 Å². The standard InChI is InChI=1S/C14H20N2.ClH/c1-10(2)9-14-15-12-7-5-6-8-13(12)16(14)11(3)4;/h5-8,10-11H,9H2,1-4H3;1H. The van der Waals surface area contributed by atoms with E-state index in [0.717, 1.165) is 11.9 Å². The van der Waals surface area contributed by atoms with Crippen molar-refractivity contribution in [1.82, 2.24) is 9.55 Å². The fourth-order valence-electron chi connectivity index (χ4n) is 2.18. The second kappa shape index (κ2) is 5.54. The second-order valence-corrected chi connectivity index (χ2v) is 5.08. The lowest BCUT2D eigenvalue weighted by Crippen LogP contribution is -2.08. The average Bonchev–Trinajstić information content (AvgIpc) is 2.53. The summed E-state index contributed by atoms with van der Waals surface area (Å²) in [7, 11) is 0. The van der Waals surface area contributed by atoms with Crippen molar-refractivity contribution in [1.29, 1.82) is 0 Å². The molecule has 1 heterocycles. The van der Waals surface area contributed by atoms with E-state index in [2.05, 4.69) is 56.5 Å². The number of imidazole rings is 1. The first-order chi connectivity index (χ1) is 7.59. The van der Waals surface area contributed by atoms with Crippen LogP contribution in [0.25, 0.3) is 11.0 Å². The van der Waals surface area contributed by atoms with E-state index in [1.807, 2.05) is 0 Å². The Labute approximate surface area is 109 Å². The van der Waals surface area contributed by atoms with Crippen LogP contribution in [0.2, 0.25) is 0 Å². The van der Waals surface area contributed by atoms with Crippen LogP contribution in [0.1, 0.15) is 39.6 Å². The third-order valence-electron chi connectivity index (χ3n) is 2.78. The molecule has 0 N–H and O–H groups in total. The normalized spacial score (nSPS) is 11.2. The second-order valence-electron chi connectivity index (χ2n) is 5.08. The molecule has 0 amide bonds. The Kier molecular flexibility index (Phi) is 4.58. The zero-order valence-corrected chi connectivity index (χ0v) is 11.8. The van der Waals surface area contributed by atoms with Gasteiger partial charge in [0, 0.05) is 12.5 Å². The number of hydrogen-bond acceptors (Lipinski definition) is 1. The topological polar surface area (TPSA) is 17.8 Å². The number of para-hydroxylation sites is 2. The molecule has 0 saturated heterocycles. The number of fused-ring (bicyclic) bond motifs is 1. The summed E-state index contributed by atoms with van der Waals surface area (Å²) in [5.74, 6) is 1.86. The minimum atomic E-state index is 0. The summed E-state index contributed by atoms with van der Waals surface area (Å²) < 4.78 is 2.36. The first kappa shape index (κ1) is 14.0. The van der Waals surface area contributed by atoms with Crippen LogP contribution < -0.4 is 0 Å². The molecule has 2 aromatic rings. The number of hydrogen-bond donors (Lipinski definition) is 0. The number of halogens is 1. The van der Waals surface area contributed by atoms with Crippen molar-refractivity contribution in [3.05, 3.63) is 30.1 Å². The molecule has 3 heteroatoms. The van der Waals surface area contributed by atoms with Crippen LogP contribution in [0.15, 0.2) is 24.3 Å². The summed E-state index contributed by atoms with van der Waals surface area (Å²) in [6.45, 7) is 8.92. The van der Waals surface area contributed by atoms with E-state index in [1.165, 1.54) is 11.3 Å². The van der Waals surface area contributed by atoms with Crippen LogP contribution >= 0.6 is 12.4 Å². The van der Waals surface area contributed by atoms with Crippen molar-refractivity contribution in [2.45, 2.75) is 40.2 Å². The predicted molar refractivity (Wildman–Crippen MR) is 75.9 cm³/mol. The number of benzene rings is 1. The molecule has 0 radical (unpaired) electrons. The van der Waals surface area contributed by atoms with Crippen LogP contribution in [0.4, 0.5) is 0 Å². The third kappa shape index (κ3) is 2.81. The van der Waals surface area contributed by atoms with Gasteiger partial charge in [-0.25, -0.2) is 4.98 Å². The monoisotopic (exact) mass is 252 g/mol. The Balaban J connectivity index is 0.00000144. The minimum Gasteiger partial charge on any atom is -0.325 e. The minimum absolute atomic E-state index is 0. The van der Waals surface area contributed by atoms with Gasteiger partial charge in [0.25, 0.3) is 0 Å². The molecule has 0 aliphatic carbocycles.